The van der Waals surface area contributed by atoms with Crippen LogP contribution in [0.2, 0.25) is 0 Å². The fraction of sp³-hybridized carbons (Fsp3) is 0.400. The van der Waals surface area contributed by atoms with Gasteiger partial charge in [0.1, 0.15) is 0 Å². The molecule has 2 N–H and O–H groups in total. The van der Waals surface area contributed by atoms with Crippen molar-refractivity contribution in [3.8, 4) is 11.5 Å². The third-order valence-corrected chi connectivity index (χ3v) is 2.39. The third-order valence-electron chi connectivity index (χ3n) is 2.39. The number of aliphatic hydroxyl groups excluding tert-OH is 1. The molecule has 0 aromatic heterocycles. The average Bonchev–Trinajstić information content (AvgIpc) is 2.43. The van der Waals surface area contributed by atoms with Crippen molar-refractivity contribution in [2.75, 3.05) is 20.3 Å². The first-order valence-electron chi connectivity index (χ1n) is 6.48. The van der Waals surface area contributed by atoms with E-state index in [0.29, 0.717) is 11.5 Å². The second-order valence-corrected chi connectivity index (χ2v) is 4.42. The quantitative estimate of drug-likeness (QED) is 0.744. The van der Waals surface area contributed by atoms with Crippen molar-refractivity contribution in [3.63, 3.8) is 0 Å². The van der Waals surface area contributed by atoms with Gasteiger partial charge in [-0.2, -0.15) is 0 Å². The summed E-state index contributed by atoms with van der Waals surface area (Å²) in [5, 5.41) is 11.1. The predicted octanol–water partition coefficient (Wildman–Crippen LogP) is 1.60. The molecule has 0 radical (unpaired) electrons. The van der Waals surface area contributed by atoms with Gasteiger partial charge in [-0.15, -0.1) is 0 Å². The summed E-state index contributed by atoms with van der Waals surface area (Å²) >= 11 is 0. The van der Waals surface area contributed by atoms with Crippen molar-refractivity contribution in [2.24, 2.45) is 0 Å². The summed E-state index contributed by atoms with van der Waals surface area (Å²) in [6.07, 6.45) is 3.15. The minimum absolute atomic E-state index is 0.0644. The first-order valence-corrected chi connectivity index (χ1v) is 6.48. The average molecular weight is 279 g/mol. The van der Waals surface area contributed by atoms with Crippen LogP contribution in [0.4, 0.5) is 0 Å². The SMILES string of the molecule is COc1cc(/C=C/C(=O)NCCO)ccc1OC(C)C. The first-order chi connectivity index (χ1) is 9.56. The van der Waals surface area contributed by atoms with Gasteiger partial charge in [0, 0.05) is 12.6 Å². The van der Waals surface area contributed by atoms with Gasteiger partial charge < -0.3 is 19.9 Å². The molecule has 5 heteroatoms. The Kier molecular flexibility index (Phi) is 6.59. The Hall–Kier alpha value is -2.01. The van der Waals surface area contributed by atoms with Crippen molar-refractivity contribution >= 4 is 12.0 Å². The fourth-order valence-electron chi connectivity index (χ4n) is 1.55. The van der Waals surface area contributed by atoms with E-state index < -0.39 is 0 Å². The number of aliphatic hydroxyl groups is 1. The largest absolute Gasteiger partial charge is 0.493 e. The molecule has 0 atom stereocenters. The number of hydrogen-bond acceptors (Lipinski definition) is 4. The topological polar surface area (TPSA) is 67.8 Å². The van der Waals surface area contributed by atoms with Gasteiger partial charge in [-0.1, -0.05) is 6.07 Å². The maximum Gasteiger partial charge on any atom is 0.244 e. The van der Waals surface area contributed by atoms with Gasteiger partial charge in [0.25, 0.3) is 0 Å². The molecule has 5 nitrogen and oxygen atoms in total. The standard InChI is InChI=1S/C15H21NO4/c1-11(2)20-13-6-4-12(10-14(13)19-3)5-7-15(18)16-8-9-17/h4-7,10-11,17H,8-9H2,1-3H3,(H,16,18)/b7-5+. The van der Waals surface area contributed by atoms with E-state index in [1.807, 2.05) is 26.0 Å². The number of nitrogens with one attached hydrogen (secondary N) is 1. The van der Waals surface area contributed by atoms with Crippen LogP contribution in [0.1, 0.15) is 19.4 Å². The first kappa shape index (κ1) is 16.0. The Morgan fingerprint density at radius 2 is 2.15 bits per heavy atom. The molecule has 0 heterocycles. The summed E-state index contributed by atoms with van der Waals surface area (Å²) in [6, 6.07) is 5.45. The van der Waals surface area contributed by atoms with Crippen molar-refractivity contribution < 1.29 is 19.4 Å². The lowest BCUT2D eigenvalue weighted by Gasteiger charge is -2.13. The van der Waals surface area contributed by atoms with E-state index in [-0.39, 0.29) is 25.2 Å². The van der Waals surface area contributed by atoms with Crippen LogP contribution >= 0.6 is 0 Å². The Bertz CT molecular complexity index is 469. The van der Waals surface area contributed by atoms with Gasteiger partial charge in [0.05, 0.1) is 19.8 Å². The molecule has 20 heavy (non-hydrogen) atoms. The van der Waals surface area contributed by atoms with Gasteiger partial charge in [0.15, 0.2) is 11.5 Å². The Morgan fingerprint density at radius 1 is 1.40 bits per heavy atom. The Morgan fingerprint density at radius 3 is 2.75 bits per heavy atom. The molecule has 0 aliphatic heterocycles. The molecule has 0 bridgehead atoms. The van der Waals surface area contributed by atoms with Crippen LogP contribution in [0.15, 0.2) is 24.3 Å². The highest BCUT2D eigenvalue weighted by atomic mass is 16.5. The number of hydrogen-bond donors (Lipinski definition) is 2. The second-order valence-electron chi connectivity index (χ2n) is 4.42. The molecule has 0 saturated heterocycles. The van der Waals surface area contributed by atoms with E-state index in [1.54, 1.807) is 19.3 Å². The van der Waals surface area contributed by atoms with E-state index in [1.165, 1.54) is 6.08 Å². The monoisotopic (exact) mass is 279 g/mol. The zero-order valence-corrected chi connectivity index (χ0v) is 12.1. The molecular formula is C15H21NO4. The maximum atomic E-state index is 11.4. The van der Waals surface area contributed by atoms with Gasteiger partial charge in [0.2, 0.25) is 5.91 Å². The van der Waals surface area contributed by atoms with E-state index in [2.05, 4.69) is 5.32 Å². The molecule has 0 aliphatic rings. The lowest BCUT2D eigenvalue weighted by molar-refractivity contribution is -0.116. The smallest absolute Gasteiger partial charge is 0.244 e. The molecule has 110 valence electrons. The van der Waals surface area contributed by atoms with Gasteiger partial charge in [-0.3, -0.25) is 4.79 Å². The molecular weight excluding hydrogens is 258 g/mol. The van der Waals surface area contributed by atoms with E-state index in [4.69, 9.17) is 14.6 Å². The summed E-state index contributed by atoms with van der Waals surface area (Å²) in [5.74, 6) is 1.04. The summed E-state index contributed by atoms with van der Waals surface area (Å²) in [6.45, 7) is 4.06. The number of carbonyl (C=O) groups excluding carboxylic acids is 1. The molecule has 0 saturated carbocycles. The highest BCUT2D eigenvalue weighted by Gasteiger charge is 2.06. The van der Waals surface area contributed by atoms with Crippen LogP contribution in [0, 0.1) is 0 Å². The van der Waals surface area contributed by atoms with Gasteiger partial charge >= 0.3 is 0 Å². The number of benzene rings is 1. The lowest BCUT2D eigenvalue weighted by atomic mass is 10.2. The van der Waals surface area contributed by atoms with Crippen LogP contribution in [0.5, 0.6) is 11.5 Å². The van der Waals surface area contributed by atoms with Crippen molar-refractivity contribution in [1.29, 1.82) is 0 Å². The van der Waals surface area contributed by atoms with Crippen molar-refractivity contribution in [2.45, 2.75) is 20.0 Å². The predicted molar refractivity (Wildman–Crippen MR) is 77.9 cm³/mol. The maximum absolute atomic E-state index is 11.4. The number of rotatable bonds is 7. The number of carbonyl (C=O) groups is 1. The van der Waals surface area contributed by atoms with Crippen LogP contribution in [-0.4, -0.2) is 37.4 Å². The van der Waals surface area contributed by atoms with E-state index >= 15 is 0 Å². The molecule has 1 amide bonds. The highest BCUT2D eigenvalue weighted by Crippen LogP contribution is 2.29. The van der Waals surface area contributed by atoms with Crippen molar-refractivity contribution in [1.82, 2.24) is 5.32 Å². The number of ether oxygens (including phenoxy) is 2. The Balaban J connectivity index is 2.77. The summed E-state index contributed by atoms with van der Waals surface area (Å²) in [5.41, 5.74) is 0.831. The zero-order valence-electron chi connectivity index (χ0n) is 12.1. The van der Waals surface area contributed by atoms with Crippen LogP contribution in [0.3, 0.4) is 0 Å². The summed E-state index contributed by atoms with van der Waals surface area (Å²) in [4.78, 5) is 11.4. The minimum atomic E-state index is -0.250. The molecule has 0 aliphatic carbocycles. The van der Waals surface area contributed by atoms with Gasteiger partial charge in [-0.05, 0) is 37.6 Å². The number of amides is 1. The fourth-order valence-corrected chi connectivity index (χ4v) is 1.55. The summed E-state index contributed by atoms with van der Waals surface area (Å²) < 4.78 is 10.9. The van der Waals surface area contributed by atoms with Crippen molar-refractivity contribution in [3.05, 3.63) is 29.8 Å². The normalized spacial score (nSPS) is 10.8. The van der Waals surface area contributed by atoms with Crippen LogP contribution in [-0.2, 0) is 4.79 Å². The van der Waals surface area contributed by atoms with Gasteiger partial charge in [-0.25, -0.2) is 0 Å². The third kappa shape index (κ3) is 5.32. The van der Waals surface area contributed by atoms with Crippen LogP contribution in [0.25, 0.3) is 6.08 Å². The lowest BCUT2D eigenvalue weighted by Crippen LogP contribution is -2.24. The molecule has 1 rings (SSSR count). The van der Waals surface area contributed by atoms with E-state index in [0.717, 1.165) is 5.56 Å². The molecule has 1 aromatic carbocycles. The molecule has 0 fully saturated rings. The second kappa shape index (κ2) is 8.22. The molecule has 1 aromatic rings. The van der Waals surface area contributed by atoms with E-state index in [9.17, 15) is 4.79 Å². The minimum Gasteiger partial charge on any atom is -0.493 e. The molecule has 0 unspecified atom stereocenters. The number of methoxy groups -OCH3 is 1. The highest BCUT2D eigenvalue weighted by molar-refractivity contribution is 5.91. The molecule has 0 spiro atoms. The zero-order chi connectivity index (χ0) is 15.0. The Labute approximate surface area is 119 Å². The summed E-state index contributed by atoms with van der Waals surface area (Å²) in [7, 11) is 1.57. The van der Waals surface area contributed by atoms with Crippen LogP contribution < -0.4 is 14.8 Å².